The Hall–Kier alpha value is -2.54. The van der Waals surface area contributed by atoms with E-state index in [2.05, 4.69) is 5.32 Å². The lowest BCUT2D eigenvalue weighted by Crippen LogP contribution is -2.41. The van der Waals surface area contributed by atoms with Gasteiger partial charge < -0.3 is 10.1 Å². The molecule has 0 aliphatic carbocycles. The van der Waals surface area contributed by atoms with Crippen LogP contribution in [0.25, 0.3) is 0 Å². The van der Waals surface area contributed by atoms with Crippen molar-refractivity contribution >= 4 is 21.6 Å². The van der Waals surface area contributed by atoms with E-state index in [-0.39, 0.29) is 18.5 Å². The molecule has 0 fully saturated rings. The quantitative estimate of drug-likeness (QED) is 0.752. The van der Waals surface area contributed by atoms with Crippen molar-refractivity contribution in [3.05, 3.63) is 59.7 Å². The molecular weight excluding hydrogens is 364 g/mol. The largest absolute Gasteiger partial charge is 0.494 e. The third kappa shape index (κ3) is 5.99. The maximum Gasteiger partial charge on any atom is 0.241 e. The highest BCUT2D eigenvalue weighted by Gasteiger charge is 2.22. The Labute approximate surface area is 161 Å². The standard InChI is InChI=1S/C20H26N2O4S/c1-5-26-19-11-9-17(10-12-19)16(3)21-20(23)14-22(27(4,24)25)18-8-6-7-15(2)13-18/h6-13,16H,5,14H2,1-4H3,(H,21,23). The Balaban J connectivity index is 2.09. The minimum absolute atomic E-state index is 0.257. The molecule has 0 aliphatic rings. The lowest BCUT2D eigenvalue weighted by atomic mass is 10.1. The molecule has 0 aliphatic heterocycles. The number of benzene rings is 2. The first-order valence-corrected chi connectivity index (χ1v) is 10.6. The van der Waals surface area contributed by atoms with Crippen LogP contribution in [0.1, 0.15) is 31.0 Å². The first-order valence-electron chi connectivity index (χ1n) is 8.77. The molecule has 0 bridgehead atoms. The van der Waals surface area contributed by atoms with Crippen LogP contribution in [0.2, 0.25) is 0 Å². The van der Waals surface area contributed by atoms with Crippen molar-refractivity contribution in [3.8, 4) is 5.75 Å². The Kier molecular flexibility index (Phi) is 6.85. The molecule has 1 atom stereocenters. The van der Waals surface area contributed by atoms with E-state index < -0.39 is 10.0 Å². The van der Waals surface area contributed by atoms with Crippen molar-refractivity contribution in [2.75, 3.05) is 23.7 Å². The third-order valence-corrected chi connectivity index (χ3v) is 5.19. The van der Waals surface area contributed by atoms with Crippen LogP contribution in [0.15, 0.2) is 48.5 Å². The molecule has 2 aromatic rings. The molecule has 2 rings (SSSR count). The Morgan fingerprint density at radius 1 is 1.19 bits per heavy atom. The van der Waals surface area contributed by atoms with Crippen LogP contribution in [0, 0.1) is 6.92 Å². The molecule has 0 saturated carbocycles. The number of nitrogens with one attached hydrogen (secondary N) is 1. The number of nitrogens with zero attached hydrogens (tertiary/aromatic N) is 1. The first-order chi connectivity index (χ1) is 12.7. The number of amides is 1. The Bertz CT molecular complexity index is 879. The summed E-state index contributed by atoms with van der Waals surface area (Å²) in [5.74, 6) is 0.394. The number of carbonyl (C=O) groups excluding carboxylic acids is 1. The number of aryl methyl sites for hydroxylation is 1. The molecule has 1 amide bonds. The van der Waals surface area contributed by atoms with E-state index in [4.69, 9.17) is 4.74 Å². The van der Waals surface area contributed by atoms with Crippen molar-refractivity contribution in [2.24, 2.45) is 0 Å². The fourth-order valence-electron chi connectivity index (χ4n) is 2.70. The van der Waals surface area contributed by atoms with E-state index in [0.29, 0.717) is 12.3 Å². The van der Waals surface area contributed by atoms with Gasteiger partial charge >= 0.3 is 0 Å². The van der Waals surface area contributed by atoms with E-state index in [1.807, 2.05) is 51.1 Å². The van der Waals surface area contributed by atoms with Gasteiger partial charge in [-0.2, -0.15) is 0 Å². The molecule has 0 saturated heterocycles. The fourth-order valence-corrected chi connectivity index (χ4v) is 3.55. The number of carbonyl (C=O) groups is 1. The zero-order valence-electron chi connectivity index (χ0n) is 16.1. The van der Waals surface area contributed by atoms with Crippen LogP contribution in [0.5, 0.6) is 5.75 Å². The summed E-state index contributed by atoms with van der Waals surface area (Å²) in [7, 11) is -3.59. The van der Waals surface area contributed by atoms with Crippen molar-refractivity contribution in [3.63, 3.8) is 0 Å². The Morgan fingerprint density at radius 3 is 2.41 bits per heavy atom. The van der Waals surface area contributed by atoms with E-state index in [1.54, 1.807) is 18.2 Å². The first kappa shape index (κ1) is 20.8. The zero-order valence-corrected chi connectivity index (χ0v) is 16.9. The van der Waals surface area contributed by atoms with E-state index in [9.17, 15) is 13.2 Å². The van der Waals surface area contributed by atoms with E-state index in [0.717, 1.165) is 27.4 Å². The van der Waals surface area contributed by atoms with Crippen LogP contribution >= 0.6 is 0 Å². The number of rotatable bonds is 8. The number of ether oxygens (including phenoxy) is 1. The monoisotopic (exact) mass is 390 g/mol. The van der Waals surface area contributed by atoms with Crippen molar-refractivity contribution in [2.45, 2.75) is 26.8 Å². The van der Waals surface area contributed by atoms with Gasteiger partial charge in [0, 0.05) is 0 Å². The normalized spacial score (nSPS) is 12.3. The average molecular weight is 391 g/mol. The van der Waals surface area contributed by atoms with Crippen LogP contribution in [0.4, 0.5) is 5.69 Å². The summed E-state index contributed by atoms with van der Waals surface area (Å²) in [4.78, 5) is 12.5. The molecule has 1 unspecified atom stereocenters. The van der Waals surface area contributed by atoms with Crippen LogP contribution in [-0.4, -0.2) is 33.7 Å². The molecule has 0 spiro atoms. The third-order valence-electron chi connectivity index (χ3n) is 4.05. The van der Waals surface area contributed by atoms with Crippen molar-refractivity contribution < 1.29 is 17.9 Å². The molecule has 27 heavy (non-hydrogen) atoms. The van der Waals surface area contributed by atoms with Gasteiger partial charge in [-0.1, -0.05) is 24.3 Å². The maximum absolute atomic E-state index is 12.5. The van der Waals surface area contributed by atoms with Gasteiger partial charge in [-0.05, 0) is 56.2 Å². The second-order valence-electron chi connectivity index (χ2n) is 6.40. The van der Waals surface area contributed by atoms with Gasteiger partial charge in [-0.15, -0.1) is 0 Å². The molecular formula is C20H26N2O4S. The van der Waals surface area contributed by atoms with Crippen molar-refractivity contribution in [1.29, 1.82) is 0 Å². The second-order valence-corrected chi connectivity index (χ2v) is 8.31. The fraction of sp³-hybridized carbons (Fsp3) is 0.350. The highest BCUT2D eigenvalue weighted by molar-refractivity contribution is 7.92. The van der Waals surface area contributed by atoms with Crippen LogP contribution < -0.4 is 14.4 Å². The lowest BCUT2D eigenvalue weighted by molar-refractivity contribution is -0.120. The van der Waals surface area contributed by atoms with Gasteiger partial charge in [0.1, 0.15) is 12.3 Å². The summed E-state index contributed by atoms with van der Waals surface area (Å²) < 4.78 is 30.9. The van der Waals surface area contributed by atoms with Gasteiger partial charge in [0.05, 0.1) is 24.6 Å². The topological polar surface area (TPSA) is 75.7 Å². The second kappa shape index (κ2) is 8.90. The van der Waals surface area contributed by atoms with E-state index in [1.165, 1.54) is 0 Å². The van der Waals surface area contributed by atoms with E-state index >= 15 is 0 Å². The van der Waals surface area contributed by atoms with Crippen LogP contribution in [0.3, 0.4) is 0 Å². The van der Waals surface area contributed by atoms with Gasteiger partial charge in [-0.3, -0.25) is 9.10 Å². The summed E-state index contributed by atoms with van der Waals surface area (Å²) in [6.45, 7) is 5.96. The zero-order chi connectivity index (χ0) is 20.0. The Morgan fingerprint density at radius 2 is 1.85 bits per heavy atom. The highest BCUT2D eigenvalue weighted by atomic mass is 32.2. The molecule has 2 aromatic carbocycles. The molecule has 1 N–H and O–H groups in total. The lowest BCUT2D eigenvalue weighted by Gasteiger charge is -2.23. The number of hydrogen-bond acceptors (Lipinski definition) is 4. The minimum atomic E-state index is -3.59. The maximum atomic E-state index is 12.5. The molecule has 7 heteroatoms. The van der Waals surface area contributed by atoms with Gasteiger partial charge in [-0.25, -0.2) is 8.42 Å². The SMILES string of the molecule is CCOc1ccc(C(C)NC(=O)CN(c2cccc(C)c2)S(C)(=O)=O)cc1. The molecule has 146 valence electrons. The summed E-state index contributed by atoms with van der Waals surface area (Å²) in [5, 5.41) is 2.85. The molecule has 0 radical (unpaired) electrons. The van der Waals surface area contributed by atoms with Gasteiger partial charge in [0.25, 0.3) is 0 Å². The number of sulfonamides is 1. The average Bonchev–Trinajstić information content (AvgIpc) is 2.59. The highest BCUT2D eigenvalue weighted by Crippen LogP contribution is 2.20. The number of hydrogen-bond donors (Lipinski definition) is 1. The summed E-state index contributed by atoms with van der Waals surface area (Å²) in [6.07, 6.45) is 1.10. The molecule has 0 heterocycles. The summed E-state index contributed by atoms with van der Waals surface area (Å²) in [5.41, 5.74) is 2.30. The van der Waals surface area contributed by atoms with Crippen molar-refractivity contribution in [1.82, 2.24) is 5.32 Å². The summed E-state index contributed by atoms with van der Waals surface area (Å²) >= 11 is 0. The molecule has 6 nitrogen and oxygen atoms in total. The van der Waals surface area contributed by atoms with Crippen LogP contribution in [-0.2, 0) is 14.8 Å². The predicted molar refractivity (Wildman–Crippen MR) is 108 cm³/mol. The number of anilines is 1. The van der Waals surface area contributed by atoms with Gasteiger partial charge in [0.2, 0.25) is 15.9 Å². The predicted octanol–water partition coefficient (Wildman–Crippen LogP) is 3.04. The minimum Gasteiger partial charge on any atom is -0.494 e. The smallest absolute Gasteiger partial charge is 0.241 e. The summed E-state index contributed by atoms with van der Waals surface area (Å²) in [6, 6.07) is 14.2. The van der Waals surface area contributed by atoms with Gasteiger partial charge in [0.15, 0.2) is 0 Å². The molecule has 0 aromatic heterocycles.